The standard InChI is InChI=1S/C82H160O17P2/c1-9-75(8)61-53-45-40-41-47-55-63-80(85)93-69-78(99-82(87)65-57-49-39-33-25-21-17-16-19-23-29-35-43-51-59-73(4)5)71-97-101(90,91)95-67-76(83)66-94-100(88,89)96-70-77(68-92-79(84)62-54-46-37-31-27-26-30-36-44-52-60-74(6)7)98-81(86)64-56-48-38-32-24-20-15-13-11-10-12-14-18-22-28-34-42-50-58-72(2)3/h72-78,83H,9-71H2,1-8H3,(H,88,89)(H,90,91)/t75?,76-,77-,78-/m1/s1. The summed E-state index contributed by atoms with van der Waals surface area (Å²) >= 11 is 0. The third kappa shape index (κ3) is 74.7. The van der Waals surface area contributed by atoms with Gasteiger partial charge in [0.2, 0.25) is 0 Å². The van der Waals surface area contributed by atoms with Crippen molar-refractivity contribution in [3.63, 3.8) is 0 Å². The quantitative estimate of drug-likeness (QED) is 0.0222. The molecular weight excluding hydrogens is 1320 g/mol. The van der Waals surface area contributed by atoms with Crippen molar-refractivity contribution >= 4 is 39.5 Å². The van der Waals surface area contributed by atoms with Crippen molar-refractivity contribution in [2.75, 3.05) is 39.6 Å². The summed E-state index contributed by atoms with van der Waals surface area (Å²) in [4.78, 5) is 73.0. The number of esters is 4. The lowest BCUT2D eigenvalue weighted by molar-refractivity contribution is -0.161. The largest absolute Gasteiger partial charge is 0.472 e. The number of rotatable bonds is 79. The Balaban J connectivity index is 5.22. The molecule has 0 aromatic carbocycles. The molecule has 0 saturated carbocycles. The van der Waals surface area contributed by atoms with Crippen LogP contribution in [0.15, 0.2) is 0 Å². The van der Waals surface area contributed by atoms with Gasteiger partial charge in [0.25, 0.3) is 0 Å². The van der Waals surface area contributed by atoms with Gasteiger partial charge in [-0.2, -0.15) is 0 Å². The maximum Gasteiger partial charge on any atom is 0.472 e. The number of hydrogen-bond acceptors (Lipinski definition) is 15. The predicted molar refractivity (Wildman–Crippen MR) is 414 cm³/mol. The van der Waals surface area contributed by atoms with Gasteiger partial charge in [-0.15, -0.1) is 0 Å². The molecule has 101 heavy (non-hydrogen) atoms. The molecular formula is C82H160O17P2. The van der Waals surface area contributed by atoms with E-state index in [4.69, 9.17) is 37.0 Å². The molecule has 0 saturated heterocycles. The van der Waals surface area contributed by atoms with Crippen LogP contribution < -0.4 is 0 Å². The van der Waals surface area contributed by atoms with Gasteiger partial charge in [0.05, 0.1) is 26.4 Å². The van der Waals surface area contributed by atoms with Crippen LogP contribution in [0.5, 0.6) is 0 Å². The van der Waals surface area contributed by atoms with Gasteiger partial charge in [-0.1, -0.05) is 370 Å². The van der Waals surface area contributed by atoms with E-state index in [1.54, 1.807) is 0 Å². The van der Waals surface area contributed by atoms with Crippen LogP contribution in [0.2, 0.25) is 0 Å². The molecule has 0 bridgehead atoms. The second-order valence-electron chi connectivity index (χ2n) is 31.2. The van der Waals surface area contributed by atoms with Gasteiger partial charge in [-0.25, -0.2) is 9.13 Å². The van der Waals surface area contributed by atoms with Gasteiger partial charge in [0.15, 0.2) is 12.2 Å². The highest BCUT2D eigenvalue weighted by Gasteiger charge is 2.30. The Hall–Kier alpha value is -1.94. The number of phosphoric acid groups is 2. The number of hydrogen-bond donors (Lipinski definition) is 3. The van der Waals surface area contributed by atoms with Gasteiger partial charge in [0, 0.05) is 25.7 Å². The molecule has 0 aliphatic carbocycles. The minimum Gasteiger partial charge on any atom is -0.462 e. The summed E-state index contributed by atoms with van der Waals surface area (Å²) in [6.07, 6.45) is 58.4. The molecule has 0 heterocycles. The zero-order valence-electron chi connectivity index (χ0n) is 66.5. The van der Waals surface area contributed by atoms with Crippen molar-refractivity contribution in [1.29, 1.82) is 0 Å². The van der Waals surface area contributed by atoms with E-state index in [0.29, 0.717) is 25.7 Å². The molecule has 0 amide bonds. The molecule has 0 fully saturated rings. The number of phosphoric ester groups is 2. The maximum absolute atomic E-state index is 13.1. The highest BCUT2D eigenvalue weighted by atomic mass is 31.2. The van der Waals surface area contributed by atoms with E-state index >= 15 is 0 Å². The van der Waals surface area contributed by atoms with E-state index in [9.17, 15) is 43.2 Å². The summed E-state index contributed by atoms with van der Waals surface area (Å²) in [5.74, 6) is 0.991. The third-order valence-corrected chi connectivity index (χ3v) is 21.3. The number of carbonyl (C=O) groups excluding carboxylic acids is 4. The lowest BCUT2D eigenvalue weighted by Gasteiger charge is -2.21. The van der Waals surface area contributed by atoms with Crippen molar-refractivity contribution < 1.29 is 80.2 Å². The highest BCUT2D eigenvalue weighted by Crippen LogP contribution is 2.45. The fourth-order valence-electron chi connectivity index (χ4n) is 12.6. The minimum atomic E-state index is -4.96. The molecule has 0 aliphatic heterocycles. The predicted octanol–water partition coefficient (Wildman–Crippen LogP) is 24.4. The average Bonchev–Trinajstić information content (AvgIpc) is 0.952. The van der Waals surface area contributed by atoms with Gasteiger partial charge in [-0.3, -0.25) is 37.3 Å². The molecule has 0 aromatic heterocycles. The topological polar surface area (TPSA) is 237 Å². The SMILES string of the molecule is CCC(C)CCCCCCCCC(=O)OC[C@H](COP(=O)(O)OC[C@H](O)COP(=O)(O)OC[C@@H](COC(=O)CCCCCCCCCCCCC(C)C)OC(=O)CCCCCCCCCCCCCCCCCCCCC(C)C)OC(=O)CCCCCCCCCCCCCCCCC(C)C. The molecule has 600 valence electrons. The molecule has 19 heteroatoms. The van der Waals surface area contributed by atoms with Crippen molar-refractivity contribution in [3.05, 3.63) is 0 Å². The van der Waals surface area contributed by atoms with E-state index in [1.807, 2.05) is 0 Å². The summed E-state index contributed by atoms with van der Waals surface area (Å²) in [6, 6.07) is 0. The first-order chi connectivity index (χ1) is 48.6. The second kappa shape index (κ2) is 71.0. The molecule has 6 atom stereocenters. The first-order valence-corrected chi connectivity index (χ1v) is 45.2. The van der Waals surface area contributed by atoms with Crippen LogP contribution in [0.25, 0.3) is 0 Å². The van der Waals surface area contributed by atoms with Crippen LogP contribution in [-0.2, 0) is 65.4 Å². The summed E-state index contributed by atoms with van der Waals surface area (Å²) < 4.78 is 68.7. The van der Waals surface area contributed by atoms with E-state index < -0.39 is 97.5 Å². The van der Waals surface area contributed by atoms with Crippen LogP contribution >= 0.6 is 15.6 Å². The fraction of sp³-hybridized carbons (Fsp3) is 0.951. The second-order valence-corrected chi connectivity index (χ2v) is 34.1. The Morgan fingerprint density at radius 1 is 0.277 bits per heavy atom. The highest BCUT2D eigenvalue weighted by molar-refractivity contribution is 7.47. The van der Waals surface area contributed by atoms with Gasteiger partial charge in [-0.05, 0) is 49.4 Å². The third-order valence-electron chi connectivity index (χ3n) is 19.4. The van der Waals surface area contributed by atoms with Crippen molar-refractivity contribution in [2.24, 2.45) is 23.7 Å². The van der Waals surface area contributed by atoms with E-state index in [-0.39, 0.29) is 25.7 Å². The molecule has 17 nitrogen and oxygen atoms in total. The first kappa shape index (κ1) is 99.1. The molecule has 0 radical (unpaired) electrons. The molecule has 3 unspecified atom stereocenters. The average molecular weight is 1480 g/mol. The molecule has 0 aliphatic rings. The van der Waals surface area contributed by atoms with E-state index in [0.717, 1.165) is 120 Å². The molecule has 0 aromatic rings. The first-order valence-electron chi connectivity index (χ1n) is 42.2. The summed E-state index contributed by atoms with van der Waals surface area (Å²) in [5, 5.41) is 10.6. The lowest BCUT2D eigenvalue weighted by atomic mass is 10.00. The van der Waals surface area contributed by atoms with Crippen LogP contribution in [0.4, 0.5) is 0 Å². The smallest absolute Gasteiger partial charge is 0.462 e. The zero-order chi connectivity index (χ0) is 74.6. The van der Waals surface area contributed by atoms with Crippen LogP contribution in [0.1, 0.15) is 421 Å². The zero-order valence-corrected chi connectivity index (χ0v) is 68.3. The maximum atomic E-state index is 13.1. The number of aliphatic hydroxyl groups excluding tert-OH is 1. The molecule has 0 spiro atoms. The molecule has 0 rings (SSSR count). The fourth-order valence-corrected chi connectivity index (χ4v) is 14.2. The van der Waals surface area contributed by atoms with Crippen molar-refractivity contribution in [1.82, 2.24) is 0 Å². The monoisotopic (exact) mass is 1480 g/mol. The van der Waals surface area contributed by atoms with Crippen LogP contribution in [0, 0.1) is 23.7 Å². The van der Waals surface area contributed by atoms with Crippen LogP contribution in [0.3, 0.4) is 0 Å². The Morgan fingerprint density at radius 3 is 0.703 bits per heavy atom. The Bertz CT molecular complexity index is 1970. The van der Waals surface area contributed by atoms with E-state index in [1.165, 1.54) is 218 Å². The lowest BCUT2D eigenvalue weighted by Crippen LogP contribution is -2.30. The summed E-state index contributed by atoms with van der Waals surface area (Å²) in [5.41, 5.74) is 0. The van der Waals surface area contributed by atoms with Gasteiger partial charge >= 0.3 is 39.5 Å². The van der Waals surface area contributed by atoms with Gasteiger partial charge < -0.3 is 33.8 Å². The van der Waals surface area contributed by atoms with Crippen LogP contribution in [-0.4, -0.2) is 96.7 Å². The van der Waals surface area contributed by atoms with Gasteiger partial charge in [0.1, 0.15) is 19.3 Å². The number of ether oxygens (including phenoxy) is 4. The Morgan fingerprint density at radius 2 is 0.475 bits per heavy atom. The van der Waals surface area contributed by atoms with Crippen molar-refractivity contribution in [3.8, 4) is 0 Å². The number of unbranched alkanes of at least 4 members (excludes halogenated alkanes) is 44. The number of carbonyl (C=O) groups is 4. The normalized spacial score (nSPS) is 14.3. The summed E-state index contributed by atoms with van der Waals surface area (Å²) in [6.45, 7) is 14.3. The van der Waals surface area contributed by atoms with E-state index in [2.05, 4.69) is 55.4 Å². The minimum absolute atomic E-state index is 0.106. The molecule has 3 N–H and O–H groups in total. The van der Waals surface area contributed by atoms with Crippen molar-refractivity contribution in [2.45, 2.75) is 440 Å². The number of aliphatic hydroxyl groups is 1. The Kier molecular flexibility index (Phi) is 69.6. The Labute approximate surface area is 619 Å². The summed E-state index contributed by atoms with van der Waals surface area (Å²) in [7, 11) is -9.92.